The van der Waals surface area contributed by atoms with Gasteiger partial charge in [0.05, 0.1) is 38.1 Å². The molecule has 0 unspecified atom stereocenters. The summed E-state index contributed by atoms with van der Waals surface area (Å²) < 4.78 is 10.7. The summed E-state index contributed by atoms with van der Waals surface area (Å²) in [6.07, 6.45) is 2.78. The minimum Gasteiger partial charge on any atom is -0.495 e. The predicted molar refractivity (Wildman–Crippen MR) is 118 cm³/mol. The molecule has 1 aromatic heterocycles. The number of nitrogens with zero attached hydrogens (tertiary/aromatic N) is 1. The summed E-state index contributed by atoms with van der Waals surface area (Å²) in [6, 6.07) is 5.07. The van der Waals surface area contributed by atoms with Crippen LogP contribution in [0, 0.1) is 0 Å². The number of benzene rings is 1. The van der Waals surface area contributed by atoms with E-state index in [2.05, 4.69) is 15.5 Å². The Bertz CT molecular complexity index is 956. The monoisotopic (exact) mass is 449 g/mol. The van der Waals surface area contributed by atoms with Crippen molar-refractivity contribution in [1.82, 2.24) is 4.90 Å². The summed E-state index contributed by atoms with van der Waals surface area (Å²) in [5, 5.41) is 6.99. The first-order valence-corrected chi connectivity index (χ1v) is 11.1. The molecule has 0 spiro atoms. The smallest absolute Gasteiger partial charge is 0.259 e. The molecule has 0 bridgehead atoms. The Morgan fingerprint density at radius 2 is 2.03 bits per heavy atom. The van der Waals surface area contributed by atoms with Crippen LogP contribution >= 0.6 is 22.9 Å². The number of anilines is 2. The van der Waals surface area contributed by atoms with Crippen molar-refractivity contribution >= 4 is 45.4 Å². The fourth-order valence-electron chi connectivity index (χ4n) is 3.82. The molecular formula is C21H24ClN3O4S. The molecule has 2 aromatic rings. The van der Waals surface area contributed by atoms with Gasteiger partial charge in [0.2, 0.25) is 5.91 Å². The van der Waals surface area contributed by atoms with Gasteiger partial charge in [0.25, 0.3) is 5.91 Å². The van der Waals surface area contributed by atoms with Crippen LogP contribution in [-0.2, 0) is 22.4 Å². The number of hydrogen-bond acceptors (Lipinski definition) is 6. The predicted octanol–water partition coefficient (Wildman–Crippen LogP) is 3.42. The average Bonchev–Trinajstić information content (AvgIpc) is 3.29. The van der Waals surface area contributed by atoms with Crippen molar-refractivity contribution < 1.29 is 19.1 Å². The van der Waals surface area contributed by atoms with Crippen LogP contribution in [0.5, 0.6) is 5.75 Å². The molecular weight excluding hydrogens is 426 g/mol. The quantitative estimate of drug-likeness (QED) is 0.706. The Morgan fingerprint density at radius 1 is 1.23 bits per heavy atom. The second kappa shape index (κ2) is 9.34. The molecule has 2 aliphatic rings. The zero-order valence-electron chi connectivity index (χ0n) is 16.8. The van der Waals surface area contributed by atoms with Crippen molar-refractivity contribution in [2.75, 3.05) is 50.6 Å². The number of methoxy groups -OCH3 is 1. The summed E-state index contributed by atoms with van der Waals surface area (Å²) in [7, 11) is 1.54. The fraction of sp³-hybridized carbons (Fsp3) is 0.429. The summed E-state index contributed by atoms with van der Waals surface area (Å²) in [5.41, 5.74) is 2.07. The highest BCUT2D eigenvalue weighted by molar-refractivity contribution is 7.17. The Hall–Kier alpha value is -2.13. The van der Waals surface area contributed by atoms with Gasteiger partial charge in [-0.1, -0.05) is 11.6 Å². The SMILES string of the molecule is COc1ccc(Cl)cc1NC(=O)c1c(NC(=O)CN2CCOCC2)sc2c1CCC2. The number of carbonyl (C=O) groups is 2. The topological polar surface area (TPSA) is 79.9 Å². The molecule has 1 aliphatic heterocycles. The second-order valence-corrected chi connectivity index (χ2v) is 8.84. The third-order valence-electron chi connectivity index (χ3n) is 5.28. The van der Waals surface area contributed by atoms with Crippen molar-refractivity contribution in [2.45, 2.75) is 19.3 Å². The van der Waals surface area contributed by atoms with Gasteiger partial charge in [0.15, 0.2) is 0 Å². The van der Waals surface area contributed by atoms with Gasteiger partial charge >= 0.3 is 0 Å². The first-order chi connectivity index (χ1) is 14.5. The zero-order valence-corrected chi connectivity index (χ0v) is 18.3. The van der Waals surface area contributed by atoms with Gasteiger partial charge in [0.1, 0.15) is 10.8 Å². The number of morpholine rings is 1. The summed E-state index contributed by atoms with van der Waals surface area (Å²) in [6.45, 7) is 3.02. The van der Waals surface area contributed by atoms with Crippen LogP contribution in [0.25, 0.3) is 0 Å². The summed E-state index contributed by atoms with van der Waals surface area (Å²) in [5.74, 6) is 0.139. The summed E-state index contributed by atoms with van der Waals surface area (Å²) >= 11 is 7.59. The Labute approximate surface area is 184 Å². The van der Waals surface area contributed by atoms with Crippen LogP contribution in [0.1, 0.15) is 27.2 Å². The average molecular weight is 450 g/mol. The molecule has 7 nitrogen and oxygen atoms in total. The lowest BCUT2D eigenvalue weighted by Crippen LogP contribution is -2.41. The number of aryl methyl sites for hydroxylation is 1. The van der Waals surface area contributed by atoms with Crippen LogP contribution < -0.4 is 15.4 Å². The first kappa shape index (κ1) is 21.1. The maximum Gasteiger partial charge on any atom is 0.259 e. The van der Waals surface area contributed by atoms with E-state index in [9.17, 15) is 9.59 Å². The summed E-state index contributed by atoms with van der Waals surface area (Å²) in [4.78, 5) is 29.1. The molecule has 0 radical (unpaired) electrons. The highest BCUT2D eigenvalue weighted by Crippen LogP contribution is 2.40. The molecule has 1 saturated heterocycles. The van der Waals surface area contributed by atoms with E-state index in [4.69, 9.17) is 21.1 Å². The number of fused-ring (bicyclic) bond motifs is 1. The number of halogens is 1. The van der Waals surface area contributed by atoms with Crippen LogP contribution in [0.4, 0.5) is 10.7 Å². The van der Waals surface area contributed by atoms with E-state index in [0.717, 1.165) is 37.9 Å². The van der Waals surface area contributed by atoms with E-state index < -0.39 is 0 Å². The third-order valence-corrected chi connectivity index (χ3v) is 6.72. The largest absolute Gasteiger partial charge is 0.495 e. The van der Waals surface area contributed by atoms with Gasteiger partial charge in [0, 0.05) is 23.0 Å². The molecule has 4 rings (SSSR count). The van der Waals surface area contributed by atoms with E-state index >= 15 is 0 Å². The number of nitrogens with one attached hydrogen (secondary N) is 2. The lowest BCUT2D eigenvalue weighted by molar-refractivity contribution is -0.118. The van der Waals surface area contributed by atoms with Crippen molar-refractivity contribution in [3.63, 3.8) is 0 Å². The number of amides is 2. The minimum absolute atomic E-state index is 0.119. The highest BCUT2D eigenvalue weighted by Gasteiger charge is 2.28. The van der Waals surface area contributed by atoms with Gasteiger partial charge in [-0.3, -0.25) is 14.5 Å². The van der Waals surface area contributed by atoms with E-state index in [1.807, 2.05) is 0 Å². The molecule has 1 fully saturated rings. The standard InChI is InChI=1S/C21H24ClN3O4S/c1-28-16-6-5-13(22)11-15(16)23-20(27)19-14-3-2-4-17(14)30-21(19)24-18(26)12-25-7-9-29-10-8-25/h5-6,11H,2-4,7-10,12H2,1H3,(H,23,27)(H,24,26). The maximum atomic E-state index is 13.2. The zero-order chi connectivity index (χ0) is 21.1. The Balaban J connectivity index is 1.54. The van der Waals surface area contributed by atoms with E-state index in [0.29, 0.717) is 40.2 Å². The third kappa shape index (κ3) is 4.62. The normalized spacial score (nSPS) is 16.2. The number of hydrogen-bond donors (Lipinski definition) is 2. The van der Waals surface area contributed by atoms with Crippen LogP contribution in [0.15, 0.2) is 18.2 Å². The van der Waals surface area contributed by atoms with Crippen molar-refractivity contribution in [3.8, 4) is 5.75 Å². The Kier molecular flexibility index (Phi) is 6.58. The van der Waals surface area contributed by atoms with E-state index in [1.165, 1.54) is 16.2 Å². The lowest BCUT2D eigenvalue weighted by Gasteiger charge is -2.25. The molecule has 160 valence electrons. The lowest BCUT2D eigenvalue weighted by atomic mass is 10.1. The fourth-order valence-corrected chi connectivity index (χ4v) is 5.30. The Morgan fingerprint density at radius 3 is 2.80 bits per heavy atom. The molecule has 9 heteroatoms. The number of carbonyl (C=O) groups excluding carboxylic acids is 2. The van der Waals surface area contributed by atoms with Gasteiger partial charge in [-0.2, -0.15) is 0 Å². The van der Waals surface area contributed by atoms with Gasteiger partial charge in [-0.15, -0.1) is 11.3 Å². The van der Waals surface area contributed by atoms with E-state index in [-0.39, 0.29) is 18.4 Å². The highest BCUT2D eigenvalue weighted by atomic mass is 35.5. The molecule has 30 heavy (non-hydrogen) atoms. The molecule has 2 N–H and O–H groups in total. The molecule has 1 aromatic carbocycles. The molecule has 1 aliphatic carbocycles. The minimum atomic E-state index is -0.267. The number of rotatable bonds is 6. The number of thiophene rings is 1. The van der Waals surface area contributed by atoms with Crippen molar-refractivity contribution in [1.29, 1.82) is 0 Å². The van der Waals surface area contributed by atoms with Crippen LogP contribution in [0.2, 0.25) is 5.02 Å². The second-order valence-electron chi connectivity index (χ2n) is 7.30. The van der Waals surface area contributed by atoms with Crippen LogP contribution in [0.3, 0.4) is 0 Å². The van der Waals surface area contributed by atoms with Crippen molar-refractivity contribution in [3.05, 3.63) is 39.2 Å². The number of ether oxygens (including phenoxy) is 2. The maximum absolute atomic E-state index is 13.2. The molecule has 0 atom stereocenters. The van der Waals surface area contributed by atoms with Crippen molar-refractivity contribution in [2.24, 2.45) is 0 Å². The van der Waals surface area contributed by atoms with Gasteiger partial charge < -0.3 is 20.1 Å². The molecule has 0 saturated carbocycles. The van der Waals surface area contributed by atoms with Gasteiger partial charge in [-0.25, -0.2) is 0 Å². The van der Waals surface area contributed by atoms with Crippen LogP contribution in [-0.4, -0.2) is 56.7 Å². The van der Waals surface area contributed by atoms with Gasteiger partial charge in [-0.05, 0) is 43.0 Å². The van der Waals surface area contributed by atoms with E-state index in [1.54, 1.807) is 25.3 Å². The molecule has 2 heterocycles. The first-order valence-electron chi connectivity index (χ1n) is 9.94. The molecule has 2 amide bonds.